The predicted molar refractivity (Wildman–Crippen MR) is 103 cm³/mol. The number of anilines is 1. The summed E-state index contributed by atoms with van der Waals surface area (Å²) in [6, 6.07) is 14.1. The van der Waals surface area contributed by atoms with Gasteiger partial charge in [-0.05, 0) is 30.7 Å². The number of imidazole rings is 1. The Labute approximate surface area is 152 Å². The van der Waals surface area contributed by atoms with Crippen molar-refractivity contribution < 1.29 is 4.79 Å². The smallest absolute Gasteiger partial charge is 0.248 e. The van der Waals surface area contributed by atoms with Crippen LogP contribution >= 0.6 is 0 Å². The Balaban J connectivity index is 1.42. The van der Waals surface area contributed by atoms with E-state index in [0.717, 1.165) is 49.7 Å². The van der Waals surface area contributed by atoms with Crippen molar-refractivity contribution in [1.82, 2.24) is 14.9 Å². The SMILES string of the molecule is Cc1ccc(CN2CCN(c3nc4ccc(C(N)=O)cc4[nH]3)CC2)cc1. The van der Waals surface area contributed by atoms with Gasteiger partial charge in [-0.3, -0.25) is 9.69 Å². The highest BCUT2D eigenvalue weighted by Crippen LogP contribution is 2.20. The Morgan fingerprint density at radius 1 is 1.12 bits per heavy atom. The van der Waals surface area contributed by atoms with Crippen molar-refractivity contribution in [3.63, 3.8) is 0 Å². The summed E-state index contributed by atoms with van der Waals surface area (Å²) in [5.41, 5.74) is 10.2. The third kappa shape index (κ3) is 3.41. The van der Waals surface area contributed by atoms with Gasteiger partial charge in [0.2, 0.25) is 11.9 Å². The first-order chi connectivity index (χ1) is 12.6. The van der Waals surface area contributed by atoms with E-state index in [2.05, 4.69) is 51.0 Å². The van der Waals surface area contributed by atoms with Gasteiger partial charge in [0.15, 0.2) is 0 Å². The highest BCUT2D eigenvalue weighted by atomic mass is 16.1. The number of carbonyl (C=O) groups excluding carboxylic acids is 1. The topological polar surface area (TPSA) is 78.2 Å². The van der Waals surface area contributed by atoms with Crippen LogP contribution in [-0.2, 0) is 6.54 Å². The molecule has 1 aliphatic rings. The van der Waals surface area contributed by atoms with Crippen LogP contribution < -0.4 is 10.6 Å². The molecular weight excluding hydrogens is 326 g/mol. The maximum Gasteiger partial charge on any atom is 0.248 e. The number of rotatable bonds is 4. The number of aromatic nitrogens is 2. The first-order valence-corrected chi connectivity index (χ1v) is 8.91. The largest absolute Gasteiger partial charge is 0.366 e. The van der Waals surface area contributed by atoms with E-state index in [4.69, 9.17) is 5.73 Å². The van der Waals surface area contributed by atoms with Crippen molar-refractivity contribution >= 4 is 22.9 Å². The summed E-state index contributed by atoms with van der Waals surface area (Å²) in [5, 5.41) is 0. The third-order valence-corrected chi connectivity index (χ3v) is 4.95. The molecule has 0 spiro atoms. The molecule has 26 heavy (non-hydrogen) atoms. The lowest BCUT2D eigenvalue weighted by molar-refractivity contribution is 0.100. The number of hydrogen-bond donors (Lipinski definition) is 2. The molecule has 0 bridgehead atoms. The number of nitrogens with two attached hydrogens (primary N) is 1. The number of benzene rings is 2. The first kappa shape index (κ1) is 16.6. The molecule has 1 saturated heterocycles. The maximum absolute atomic E-state index is 11.3. The second-order valence-electron chi connectivity index (χ2n) is 6.91. The number of primary amides is 1. The number of fused-ring (bicyclic) bond motifs is 1. The van der Waals surface area contributed by atoms with Crippen LogP contribution in [0.4, 0.5) is 5.95 Å². The van der Waals surface area contributed by atoms with Crippen LogP contribution in [0, 0.1) is 6.92 Å². The van der Waals surface area contributed by atoms with Gasteiger partial charge in [-0.2, -0.15) is 0 Å². The Bertz CT molecular complexity index is 923. The second-order valence-corrected chi connectivity index (χ2v) is 6.91. The fourth-order valence-corrected chi connectivity index (χ4v) is 3.37. The van der Waals surface area contributed by atoms with Gasteiger partial charge in [-0.1, -0.05) is 29.8 Å². The number of piperazine rings is 1. The van der Waals surface area contributed by atoms with Crippen LogP contribution in [-0.4, -0.2) is 47.0 Å². The lowest BCUT2D eigenvalue weighted by Gasteiger charge is -2.34. The van der Waals surface area contributed by atoms with Crippen molar-refractivity contribution in [2.45, 2.75) is 13.5 Å². The summed E-state index contributed by atoms with van der Waals surface area (Å²) in [6.07, 6.45) is 0. The summed E-state index contributed by atoms with van der Waals surface area (Å²) >= 11 is 0. The van der Waals surface area contributed by atoms with E-state index in [1.165, 1.54) is 11.1 Å². The van der Waals surface area contributed by atoms with Crippen LogP contribution in [0.25, 0.3) is 11.0 Å². The molecular formula is C20H23N5O. The Hall–Kier alpha value is -2.86. The molecule has 3 N–H and O–H groups in total. The average Bonchev–Trinajstić information content (AvgIpc) is 3.07. The van der Waals surface area contributed by atoms with Crippen molar-refractivity contribution in [3.8, 4) is 0 Å². The van der Waals surface area contributed by atoms with Crippen LogP contribution in [0.2, 0.25) is 0 Å². The number of aromatic amines is 1. The van der Waals surface area contributed by atoms with E-state index in [1.54, 1.807) is 12.1 Å². The summed E-state index contributed by atoms with van der Waals surface area (Å²) in [6.45, 7) is 6.94. The molecule has 3 aromatic rings. The second kappa shape index (κ2) is 6.80. The molecule has 2 aromatic carbocycles. The minimum absolute atomic E-state index is 0.423. The fraction of sp³-hybridized carbons (Fsp3) is 0.300. The minimum Gasteiger partial charge on any atom is -0.366 e. The molecule has 134 valence electrons. The zero-order chi connectivity index (χ0) is 18.1. The average molecular weight is 349 g/mol. The number of nitrogens with one attached hydrogen (secondary N) is 1. The number of H-pyrrole nitrogens is 1. The Morgan fingerprint density at radius 3 is 2.54 bits per heavy atom. The monoisotopic (exact) mass is 349 g/mol. The molecule has 1 aromatic heterocycles. The maximum atomic E-state index is 11.3. The molecule has 2 heterocycles. The van der Waals surface area contributed by atoms with E-state index in [0.29, 0.717) is 5.56 Å². The van der Waals surface area contributed by atoms with E-state index in [9.17, 15) is 4.79 Å². The van der Waals surface area contributed by atoms with Gasteiger partial charge in [-0.25, -0.2) is 4.98 Å². The van der Waals surface area contributed by atoms with Crippen LogP contribution in [0.1, 0.15) is 21.5 Å². The first-order valence-electron chi connectivity index (χ1n) is 8.91. The number of aryl methyl sites for hydroxylation is 1. The van der Waals surface area contributed by atoms with E-state index >= 15 is 0 Å². The fourth-order valence-electron chi connectivity index (χ4n) is 3.37. The number of carbonyl (C=O) groups is 1. The van der Waals surface area contributed by atoms with Crippen molar-refractivity contribution in [3.05, 3.63) is 59.2 Å². The minimum atomic E-state index is -0.423. The molecule has 1 aliphatic heterocycles. The molecule has 0 aliphatic carbocycles. The molecule has 0 saturated carbocycles. The normalized spacial score (nSPS) is 15.5. The number of amides is 1. The molecule has 4 rings (SSSR count). The van der Waals surface area contributed by atoms with Gasteiger partial charge in [0.05, 0.1) is 11.0 Å². The third-order valence-electron chi connectivity index (χ3n) is 4.95. The number of nitrogens with zero attached hydrogens (tertiary/aromatic N) is 3. The predicted octanol–water partition coefficient (Wildman–Crippen LogP) is 2.29. The van der Waals surface area contributed by atoms with Gasteiger partial charge in [-0.15, -0.1) is 0 Å². The summed E-state index contributed by atoms with van der Waals surface area (Å²) < 4.78 is 0. The molecule has 0 atom stereocenters. The Morgan fingerprint density at radius 2 is 1.85 bits per heavy atom. The summed E-state index contributed by atoms with van der Waals surface area (Å²) in [5.74, 6) is 0.435. The van der Waals surface area contributed by atoms with Gasteiger partial charge in [0.25, 0.3) is 0 Å². The van der Waals surface area contributed by atoms with Crippen LogP contribution in [0.15, 0.2) is 42.5 Å². The Kier molecular flexibility index (Phi) is 4.34. The van der Waals surface area contributed by atoms with Crippen molar-refractivity contribution in [1.29, 1.82) is 0 Å². The zero-order valence-corrected chi connectivity index (χ0v) is 14.9. The van der Waals surface area contributed by atoms with Gasteiger partial charge in [0, 0.05) is 38.3 Å². The molecule has 1 fully saturated rings. The van der Waals surface area contributed by atoms with Gasteiger partial charge >= 0.3 is 0 Å². The van der Waals surface area contributed by atoms with E-state index in [-0.39, 0.29) is 0 Å². The lowest BCUT2D eigenvalue weighted by atomic mass is 10.1. The molecule has 0 unspecified atom stereocenters. The van der Waals surface area contributed by atoms with Crippen molar-refractivity contribution in [2.24, 2.45) is 5.73 Å². The van der Waals surface area contributed by atoms with Crippen molar-refractivity contribution in [2.75, 3.05) is 31.1 Å². The van der Waals surface area contributed by atoms with Crippen LogP contribution in [0.5, 0.6) is 0 Å². The summed E-state index contributed by atoms with van der Waals surface area (Å²) in [7, 11) is 0. The quantitative estimate of drug-likeness (QED) is 0.757. The van der Waals surface area contributed by atoms with E-state index in [1.807, 2.05) is 6.07 Å². The lowest BCUT2D eigenvalue weighted by Crippen LogP contribution is -2.46. The van der Waals surface area contributed by atoms with Gasteiger partial charge in [0.1, 0.15) is 0 Å². The highest BCUT2D eigenvalue weighted by Gasteiger charge is 2.20. The van der Waals surface area contributed by atoms with E-state index < -0.39 is 5.91 Å². The summed E-state index contributed by atoms with van der Waals surface area (Å²) in [4.78, 5) is 24.0. The highest BCUT2D eigenvalue weighted by molar-refractivity contribution is 5.96. The molecule has 6 nitrogen and oxygen atoms in total. The van der Waals surface area contributed by atoms with Gasteiger partial charge < -0.3 is 15.6 Å². The van der Waals surface area contributed by atoms with Crippen LogP contribution in [0.3, 0.4) is 0 Å². The standard InChI is InChI=1S/C20H23N5O/c1-14-2-4-15(5-3-14)13-24-8-10-25(11-9-24)20-22-17-7-6-16(19(21)26)12-18(17)23-20/h2-7,12H,8-11,13H2,1H3,(H2,21,26)(H,22,23). The number of hydrogen-bond acceptors (Lipinski definition) is 4. The molecule has 6 heteroatoms. The zero-order valence-electron chi connectivity index (χ0n) is 14.9. The molecule has 0 radical (unpaired) electrons. The molecule has 1 amide bonds.